The van der Waals surface area contributed by atoms with Crippen molar-refractivity contribution in [2.45, 2.75) is 0 Å². The zero-order valence-electron chi connectivity index (χ0n) is 10.9. The van der Waals surface area contributed by atoms with Gasteiger partial charge in [-0.05, 0) is 30.3 Å². The van der Waals surface area contributed by atoms with Crippen molar-refractivity contribution in [3.8, 4) is 22.8 Å². The molecule has 0 saturated carbocycles. The molecule has 0 spiro atoms. The summed E-state index contributed by atoms with van der Waals surface area (Å²) in [6.45, 7) is 3.52. The lowest BCUT2D eigenvalue weighted by atomic mass is 9.99. The standard InChI is InChI=1S/C16H10N2O3/c1-8(19)9-5-6-12-11(7-9)15-14-10(16(20)18-17-15)3-2-4-13(14)21-12/h2-7,19H,1H2,(H,18,20). The van der Waals surface area contributed by atoms with Gasteiger partial charge in [0.05, 0.1) is 10.8 Å². The Labute approximate surface area is 119 Å². The lowest BCUT2D eigenvalue weighted by Gasteiger charge is -2.20. The first-order valence-electron chi connectivity index (χ1n) is 6.37. The maximum absolute atomic E-state index is 11.9. The molecular weight excluding hydrogens is 268 g/mol. The maximum atomic E-state index is 11.9. The number of hydrogen-bond acceptors (Lipinski definition) is 4. The molecule has 1 aliphatic heterocycles. The van der Waals surface area contributed by atoms with Gasteiger partial charge in [0, 0.05) is 11.1 Å². The Morgan fingerprint density at radius 2 is 2.10 bits per heavy atom. The van der Waals surface area contributed by atoms with Crippen LogP contribution in [0, 0.1) is 0 Å². The largest absolute Gasteiger partial charge is 0.508 e. The van der Waals surface area contributed by atoms with Crippen molar-refractivity contribution in [2.75, 3.05) is 0 Å². The van der Waals surface area contributed by atoms with Crippen LogP contribution in [0.3, 0.4) is 0 Å². The summed E-state index contributed by atoms with van der Waals surface area (Å²) in [4.78, 5) is 11.9. The Kier molecular flexibility index (Phi) is 2.21. The average Bonchev–Trinajstić information content (AvgIpc) is 2.49. The normalized spacial score (nSPS) is 11.8. The molecule has 3 aromatic rings. The Bertz CT molecular complexity index is 973. The van der Waals surface area contributed by atoms with E-state index in [1.165, 1.54) is 0 Å². The van der Waals surface area contributed by atoms with E-state index < -0.39 is 0 Å². The number of nitrogens with one attached hydrogen (secondary N) is 1. The van der Waals surface area contributed by atoms with Gasteiger partial charge >= 0.3 is 0 Å². The smallest absolute Gasteiger partial charge is 0.272 e. The Balaban J connectivity index is 2.13. The van der Waals surface area contributed by atoms with Crippen LogP contribution in [0.5, 0.6) is 11.5 Å². The van der Waals surface area contributed by atoms with E-state index in [1.807, 2.05) is 0 Å². The minimum absolute atomic E-state index is 0.0303. The quantitative estimate of drug-likeness (QED) is 0.524. The van der Waals surface area contributed by atoms with Gasteiger partial charge in [-0.3, -0.25) is 4.79 Å². The zero-order valence-corrected chi connectivity index (χ0v) is 10.9. The lowest BCUT2D eigenvalue weighted by Crippen LogP contribution is -2.12. The van der Waals surface area contributed by atoms with Crippen LogP contribution in [-0.4, -0.2) is 15.3 Å². The molecule has 4 rings (SSSR count). The molecular formula is C16H10N2O3. The number of hydrogen-bond donors (Lipinski definition) is 2. The second-order valence-electron chi connectivity index (χ2n) is 4.84. The molecule has 1 aromatic heterocycles. The van der Waals surface area contributed by atoms with Crippen molar-refractivity contribution in [3.05, 3.63) is 58.9 Å². The molecule has 102 valence electrons. The van der Waals surface area contributed by atoms with Crippen LogP contribution in [0.2, 0.25) is 0 Å². The molecule has 0 atom stereocenters. The van der Waals surface area contributed by atoms with Gasteiger partial charge in [-0.25, -0.2) is 5.10 Å². The van der Waals surface area contributed by atoms with Crippen LogP contribution >= 0.6 is 0 Å². The maximum Gasteiger partial charge on any atom is 0.272 e. The van der Waals surface area contributed by atoms with Gasteiger partial charge in [0.2, 0.25) is 0 Å². The van der Waals surface area contributed by atoms with Crippen LogP contribution in [-0.2, 0) is 0 Å². The molecule has 5 nitrogen and oxygen atoms in total. The fourth-order valence-corrected chi connectivity index (χ4v) is 2.57. The summed E-state index contributed by atoms with van der Waals surface area (Å²) in [5, 5.41) is 17.4. The fourth-order valence-electron chi connectivity index (χ4n) is 2.57. The number of nitrogens with zero attached hydrogens (tertiary/aromatic N) is 1. The molecule has 0 fully saturated rings. The highest BCUT2D eigenvalue weighted by molar-refractivity contribution is 6.01. The first-order valence-corrected chi connectivity index (χ1v) is 6.37. The topological polar surface area (TPSA) is 75.2 Å². The molecule has 0 unspecified atom stereocenters. The average molecular weight is 278 g/mol. The van der Waals surface area contributed by atoms with Crippen LogP contribution in [0.1, 0.15) is 5.56 Å². The number of aliphatic hydroxyl groups excluding tert-OH is 1. The number of H-pyrrole nitrogens is 1. The molecule has 5 heteroatoms. The third-order valence-electron chi connectivity index (χ3n) is 3.56. The summed E-state index contributed by atoms with van der Waals surface area (Å²) >= 11 is 0. The number of aromatic amines is 1. The molecule has 2 heterocycles. The van der Waals surface area contributed by atoms with Gasteiger partial charge in [0.1, 0.15) is 23.0 Å². The van der Waals surface area contributed by atoms with Crippen molar-refractivity contribution in [1.29, 1.82) is 0 Å². The van der Waals surface area contributed by atoms with Gasteiger partial charge in [-0.15, -0.1) is 0 Å². The molecule has 2 aromatic carbocycles. The summed E-state index contributed by atoms with van der Waals surface area (Å²) in [6, 6.07) is 10.5. The van der Waals surface area contributed by atoms with Crippen molar-refractivity contribution < 1.29 is 9.84 Å². The molecule has 2 N–H and O–H groups in total. The summed E-state index contributed by atoms with van der Waals surface area (Å²) in [5.74, 6) is 1.20. The second-order valence-corrected chi connectivity index (χ2v) is 4.84. The molecule has 1 aliphatic rings. The van der Waals surface area contributed by atoms with E-state index in [0.717, 1.165) is 0 Å². The van der Waals surface area contributed by atoms with Gasteiger partial charge in [0.25, 0.3) is 5.56 Å². The third-order valence-corrected chi connectivity index (χ3v) is 3.56. The highest BCUT2D eigenvalue weighted by atomic mass is 16.5. The highest BCUT2D eigenvalue weighted by Gasteiger charge is 2.23. The van der Waals surface area contributed by atoms with Crippen molar-refractivity contribution in [2.24, 2.45) is 0 Å². The molecule has 0 aliphatic carbocycles. The van der Waals surface area contributed by atoms with Crippen LogP contribution in [0.15, 0.2) is 47.8 Å². The minimum Gasteiger partial charge on any atom is -0.508 e. The summed E-state index contributed by atoms with van der Waals surface area (Å²) in [6.07, 6.45) is 0. The molecule has 21 heavy (non-hydrogen) atoms. The van der Waals surface area contributed by atoms with E-state index in [-0.39, 0.29) is 11.3 Å². The van der Waals surface area contributed by atoms with Gasteiger partial charge in [0.15, 0.2) is 0 Å². The van der Waals surface area contributed by atoms with E-state index in [2.05, 4.69) is 16.8 Å². The van der Waals surface area contributed by atoms with E-state index in [9.17, 15) is 9.90 Å². The number of benzene rings is 2. The second kappa shape index (κ2) is 3.96. The number of fused-ring (bicyclic) bond motifs is 2. The fraction of sp³-hybridized carbons (Fsp3) is 0. The first-order chi connectivity index (χ1) is 10.1. The number of aromatic nitrogens is 2. The van der Waals surface area contributed by atoms with Crippen molar-refractivity contribution in [1.82, 2.24) is 10.2 Å². The zero-order chi connectivity index (χ0) is 14.6. The Hall–Kier alpha value is -3.08. The highest BCUT2D eigenvalue weighted by Crippen LogP contribution is 2.44. The van der Waals surface area contributed by atoms with Crippen LogP contribution in [0.4, 0.5) is 0 Å². The first kappa shape index (κ1) is 11.7. The monoisotopic (exact) mass is 278 g/mol. The third kappa shape index (κ3) is 1.57. The van der Waals surface area contributed by atoms with E-state index in [1.54, 1.807) is 36.4 Å². The van der Waals surface area contributed by atoms with E-state index >= 15 is 0 Å². The number of rotatable bonds is 1. The van der Waals surface area contributed by atoms with Gasteiger partial charge < -0.3 is 9.84 Å². The summed E-state index contributed by atoms with van der Waals surface area (Å²) in [5.41, 5.74) is 1.66. The molecule has 0 bridgehead atoms. The molecule has 0 amide bonds. The summed E-state index contributed by atoms with van der Waals surface area (Å²) in [7, 11) is 0. The molecule has 0 radical (unpaired) electrons. The number of ether oxygens (including phenoxy) is 1. The van der Waals surface area contributed by atoms with Crippen molar-refractivity contribution >= 4 is 16.5 Å². The van der Waals surface area contributed by atoms with Gasteiger partial charge in [-0.1, -0.05) is 12.6 Å². The van der Waals surface area contributed by atoms with Gasteiger partial charge in [-0.2, -0.15) is 5.10 Å². The van der Waals surface area contributed by atoms with Crippen LogP contribution < -0.4 is 10.3 Å². The lowest BCUT2D eigenvalue weighted by molar-refractivity contribution is 0.485. The molecule has 0 saturated heterocycles. The van der Waals surface area contributed by atoms with Crippen LogP contribution in [0.25, 0.3) is 27.8 Å². The predicted molar refractivity (Wildman–Crippen MR) is 79.5 cm³/mol. The Morgan fingerprint density at radius 1 is 1.24 bits per heavy atom. The summed E-state index contributed by atoms with van der Waals surface area (Å²) < 4.78 is 5.84. The predicted octanol–water partition coefficient (Wildman–Crippen LogP) is 3.22. The van der Waals surface area contributed by atoms with Crippen molar-refractivity contribution in [3.63, 3.8) is 0 Å². The number of aliphatic hydroxyl groups is 1. The SMILES string of the molecule is C=C(O)c1ccc2c(c1)-c1n[nH]c(=O)c3cccc(c13)O2. The Morgan fingerprint density at radius 3 is 2.90 bits per heavy atom. The van der Waals surface area contributed by atoms with E-state index in [0.29, 0.717) is 39.1 Å². The minimum atomic E-state index is -0.259. The van der Waals surface area contributed by atoms with E-state index in [4.69, 9.17) is 4.74 Å².